The Labute approximate surface area is 120 Å². The van der Waals surface area contributed by atoms with E-state index in [9.17, 15) is 27.1 Å². The standard InChI is InChI=1S/C15H19F5O/c1-2-3-4-5-6-7-8-9(21)10-11(16)13(18)15(20)14(19)12(10)17/h9,21H,2-8H2,1H3. The minimum Gasteiger partial charge on any atom is -0.388 e. The molecule has 120 valence electrons. The largest absolute Gasteiger partial charge is 0.388 e. The Hall–Kier alpha value is -1.17. The lowest BCUT2D eigenvalue weighted by molar-refractivity contribution is 0.150. The molecule has 1 rings (SSSR count). The zero-order valence-corrected chi connectivity index (χ0v) is 11.9. The molecule has 0 heterocycles. The van der Waals surface area contributed by atoms with Gasteiger partial charge in [0.1, 0.15) is 0 Å². The molecule has 1 nitrogen and oxygen atoms in total. The summed E-state index contributed by atoms with van der Waals surface area (Å²) >= 11 is 0. The maximum atomic E-state index is 13.4. The van der Waals surface area contributed by atoms with Crippen LogP contribution in [-0.4, -0.2) is 5.11 Å². The second kappa shape index (κ2) is 8.32. The van der Waals surface area contributed by atoms with Crippen molar-refractivity contribution in [1.29, 1.82) is 0 Å². The van der Waals surface area contributed by atoms with Gasteiger partial charge in [0, 0.05) is 0 Å². The summed E-state index contributed by atoms with van der Waals surface area (Å²) in [4.78, 5) is 0. The lowest BCUT2D eigenvalue weighted by Crippen LogP contribution is -2.11. The Morgan fingerprint density at radius 3 is 1.67 bits per heavy atom. The Balaban J connectivity index is 2.68. The molecular weight excluding hydrogens is 291 g/mol. The van der Waals surface area contributed by atoms with Crippen LogP contribution in [0, 0.1) is 29.1 Å². The fourth-order valence-electron chi connectivity index (χ4n) is 2.18. The van der Waals surface area contributed by atoms with Gasteiger partial charge >= 0.3 is 0 Å². The van der Waals surface area contributed by atoms with Gasteiger partial charge < -0.3 is 5.11 Å². The lowest BCUT2D eigenvalue weighted by atomic mass is 10.0. The molecule has 0 spiro atoms. The molecule has 21 heavy (non-hydrogen) atoms. The third-order valence-electron chi connectivity index (χ3n) is 3.41. The number of unbranched alkanes of at least 4 members (excludes halogenated alkanes) is 5. The summed E-state index contributed by atoms with van der Waals surface area (Å²) in [5.41, 5.74) is -1.14. The highest BCUT2D eigenvalue weighted by Crippen LogP contribution is 2.30. The van der Waals surface area contributed by atoms with Crippen molar-refractivity contribution in [3.8, 4) is 0 Å². The molecule has 0 aromatic heterocycles. The molecule has 0 radical (unpaired) electrons. The number of halogens is 5. The fraction of sp³-hybridized carbons (Fsp3) is 0.600. The van der Waals surface area contributed by atoms with Crippen LogP contribution in [0.25, 0.3) is 0 Å². The van der Waals surface area contributed by atoms with E-state index in [2.05, 4.69) is 6.92 Å². The second-order valence-corrected chi connectivity index (χ2v) is 5.06. The summed E-state index contributed by atoms with van der Waals surface area (Å²) in [5, 5.41) is 9.69. The lowest BCUT2D eigenvalue weighted by Gasteiger charge is -2.14. The quantitative estimate of drug-likeness (QED) is 0.304. The van der Waals surface area contributed by atoms with E-state index in [1.54, 1.807) is 0 Å². The van der Waals surface area contributed by atoms with Crippen molar-refractivity contribution in [2.45, 2.75) is 58.0 Å². The average molecular weight is 310 g/mol. The molecule has 1 aromatic carbocycles. The van der Waals surface area contributed by atoms with E-state index in [1.807, 2.05) is 0 Å². The van der Waals surface area contributed by atoms with Gasteiger partial charge in [0.2, 0.25) is 5.82 Å². The molecule has 0 fully saturated rings. The van der Waals surface area contributed by atoms with Crippen LogP contribution < -0.4 is 0 Å². The van der Waals surface area contributed by atoms with Crippen LogP contribution in [0.15, 0.2) is 0 Å². The predicted molar refractivity (Wildman–Crippen MR) is 69.2 cm³/mol. The molecule has 0 saturated carbocycles. The average Bonchev–Trinajstić information content (AvgIpc) is 2.47. The van der Waals surface area contributed by atoms with Crippen LogP contribution in [0.1, 0.15) is 63.5 Å². The molecule has 0 aliphatic rings. The number of aliphatic hydroxyl groups excluding tert-OH is 1. The second-order valence-electron chi connectivity index (χ2n) is 5.06. The maximum Gasteiger partial charge on any atom is 0.200 e. The van der Waals surface area contributed by atoms with E-state index < -0.39 is 40.8 Å². The van der Waals surface area contributed by atoms with Crippen molar-refractivity contribution < 1.29 is 27.1 Å². The molecule has 1 N–H and O–H groups in total. The Bertz CT molecular complexity index is 447. The number of aliphatic hydroxyl groups is 1. The van der Waals surface area contributed by atoms with Crippen molar-refractivity contribution >= 4 is 0 Å². The number of hydrogen-bond acceptors (Lipinski definition) is 1. The third kappa shape index (κ3) is 4.40. The van der Waals surface area contributed by atoms with Gasteiger partial charge in [0.05, 0.1) is 11.7 Å². The van der Waals surface area contributed by atoms with E-state index in [0.29, 0.717) is 6.42 Å². The monoisotopic (exact) mass is 310 g/mol. The summed E-state index contributed by atoms with van der Waals surface area (Å²) in [6.45, 7) is 2.06. The van der Waals surface area contributed by atoms with Gasteiger partial charge in [0.25, 0.3) is 0 Å². The van der Waals surface area contributed by atoms with Gasteiger partial charge in [-0.05, 0) is 6.42 Å². The topological polar surface area (TPSA) is 20.2 Å². The summed E-state index contributed by atoms with van der Waals surface area (Å²) in [6, 6.07) is 0. The Morgan fingerprint density at radius 1 is 0.714 bits per heavy atom. The number of benzene rings is 1. The molecule has 1 aromatic rings. The molecule has 0 amide bonds. The van der Waals surface area contributed by atoms with Gasteiger partial charge in [-0.1, -0.05) is 45.4 Å². The number of rotatable bonds is 8. The molecule has 1 unspecified atom stereocenters. The summed E-state index contributed by atoms with van der Waals surface area (Å²) in [7, 11) is 0. The van der Waals surface area contributed by atoms with E-state index in [4.69, 9.17) is 0 Å². The third-order valence-corrected chi connectivity index (χ3v) is 3.41. The first kappa shape index (κ1) is 17.9. The highest BCUT2D eigenvalue weighted by atomic mass is 19.2. The molecule has 0 saturated heterocycles. The molecule has 6 heteroatoms. The molecule has 0 aliphatic carbocycles. The first-order valence-electron chi connectivity index (χ1n) is 7.11. The van der Waals surface area contributed by atoms with E-state index in [0.717, 1.165) is 32.1 Å². The van der Waals surface area contributed by atoms with Gasteiger partial charge in [0.15, 0.2) is 23.3 Å². The summed E-state index contributed by atoms with van der Waals surface area (Å²) in [6.07, 6.45) is 3.57. The highest BCUT2D eigenvalue weighted by Gasteiger charge is 2.29. The molecule has 1 atom stereocenters. The van der Waals surface area contributed by atoms with Crippen LogP contribution in [0.3, 0.4) is 0 Å². The molecule has 0 bridgehead atoms. The van der Waals surface area contributed by atoms with Crippen LogP contribution in [0.5, 0.6) is 0 Å². The van der Waals surface area contributed by atoms with Crippen molar-refractivity contribution in [3.05, 3.63) is 34.6 Å². The van der Waals surface area contributed by atoms with Crippen LogP contribution in [0.2, 0.25) is 0 Å². The van der Waals surface area contributed by atoms with Crippen LogP contribution in [-0.2, 0) is 0 Å². The maximum absolute atomic E-state index is 13.4. The van der Waals surface area contributed by atoms with Gasteiger partial charge in [-0.2, -0.15) is 0 Å². The van der Waals surface area contributed by atoms with Gasteiger partial charge in [-0.25, -0.2) is 22.0 Å². The Morgan fingerprint density at radius 2 is 1.14 bits per heavy atom. The Kier molecular flexibility index (Phi) is 7.08. The minimum atomic E-state index is -2.21. The van der Waals surface area contributed by atoms with Crippen molar-refractivity contribution in [2.75, 3.05) is 0 Å². The highest BCUT2D eigenvalue weighted by molar-refractivity contribution is 5.25. The zero-order valence-electron chi connectivity index (χ0n) is 11.9. The van der Waals surface area contributed by atoms with Gasteiger partial charge in [-0.3, -0.25) is 0 Å². The van der Waals surface area contributed by atoms with Crippen LogP contribution in [0.4, 0.5) is 22.0 Å². The van der Waals surface area contributed by atoms with Gasteiger partial charge in [-0.15, -0.1) is 0 Å². The minimum absolute atomic E-state index is 0.0372. The van der Waals surface area contributed by atoms with E-state index in [1.165, 1.54) is 0 Å². The molecular formula is C15H19F5O. The van der Waals surface area contributed by atoms with E-state index in [-0.39, 0.29) is 6.42 Å². The fourth-order valence-corrected chi connectivity index (χ4v) is 2.18. The van der Waals surface area contributed by atoms with Crippen LogP contribution >= 0.6 is 0 Å². The van der Waals surface area contributed by atoms with Crippen molar-refractivity contribution in [1.82, 2.24) is 0 Å². The smallest absolute Gasteiger partial charge is 0.200 e. The number of hydrogen-bond donors (Lipinski definition) is 1. The first-order valence-corrected chi connectivity index (χ1v) is 7.11. The first-order chi connectivity index (χ1) is 9.91. The summed E-state index contributed by atoms with van der Waals surface area (Å²) < 4.78 is 65.8. The summed E-state index contributed by atoms with van der Waals surface area (Å²) in [5.74, 6) is -10.2. The zero-order chi connectivity index (χ0) is 16.0. The van der Waals surface area contributed by atoms with Crippen molar-refractivity contribution in [3.63, 3.8) is 0 Å². The SMILES string of the molecule is CCCCCCCCC(O)c1c(F)c(F)c(F)c(F)c1F. The van der Waals surface area contributed by atoms with Crippen molar-refractivity contribution in [2.24, 2.45) is 0 Å². The van der Waals surface area contributed by atoms with E-state index >= 15 is 0 Å². The molecule has 0 aliphatic heterocycles. The predicted octanol–water partition coefficient (Wildman–Crippen LogP) is 5.17. The normalized spacial score (nSPS) is 12.7.